The number of hydrogen-bond donors (Lipinski definition) is 1. The summed E-state index contributed by atoms with van der Waals surface area (Å²) in [6.45, 7) is 2.87. The largest absolute Gasteiger partial charge is 0.383 e. The zero-order chi connectivity index (χ0) is 18.6. The van der Waals surface area contributed by atoms with E-state index in [0.717, 1.165) is 36.0 Å². The van der Waals surface area contributed by atoms with Crippen LogP contribution in [0.25, 0.3) is 10.6 Å². The lowest BCUT2D eigenvalue weighted by Crippen LogP contribution is -2.41. The summed E-state index contributed by atoms with van der Waals surface area (Å²) in [7, 11) is -1.93. The monoisotopic (exact) mass is 459 g/mol. The fraction of sp³-hybridized carbons (Fsp3) is 0.471. The Morgan fingerprint density at radius 1 is 1.38 bits per heavy atom. The molecule has 1 aliphatic heterocycles. The van der Waals surface area contributed by atoms with Crippen molar-refractivity contribution >= 4 is 37.3 Å². The second-order valence-corrected chi connectivity index (χ2v) is 9.66. The Balaban J connectivity index is 1.64. The molecule has 2 aromatic rings. The maximum Gasteiger partial charge on any atom is 0.258 e. The lowest BCUT2D eigenvalue weighted by atomic mass is 10.2. The summed E-state index contributed by atoms with van der Waals surface area (Å²) < 4.78 is 34.0. The third-order valence-corrected chi connectivity index (χ3v) is 7.32. The van der Waals surface area contributed by atoms with E-state index >= 15 is 0 Å². The molecule has 3 rings (SSSR count). The van der Waals surface area contributed by atoms with E-state index in [4.69, 9.17) is 4.74 Å². The highest BCUT2D eigenvalue weighted by Gasteiger charge is 2.27. The Morgan fingerprint density at radius 2 is 2.15 bits per heavy atom. The van der Waals surface area contributed by atoms with Crippen LogP contribution < -0.4 is 4.72 Å². The number of rotatable bonds is 8. The molecule has 0 radical (unpaired) electrons. The van der Waals surface area contributed by atoms with E-state index in [2.05, 4.69) is 30.5 Å². The summed E-state index contributed by atoms with van der Waals surface area (Å²) in [6, 6.07) is 7.87. The molecule has 0 bridgehead atoms. The molecule has 1 unspecified atom stereocenters. The molecule has 1 aromatic carbocycles. The summed E-state index contributed by atoms with van der Waals surface area (Å²) in [5.74, 6) is 0. The number of nitrogens with one attached hydrogen (secondary N) is 1. The van der Waals surface area contributed by atoms with Gasteiger partial charge >= 0.3 is 0 Å². The molecule has 0 aliphatic carbocycles. The van der Waals surface area contributed by atoms with Gasteiger partial charge < -0.3 is 4.74 Å². The van der Waals surface area contributed by atoms with Gasteiger partial charge in [0.2, 0.25) is 0 Å². The van der Waals surface area contributed by atoms with E-state index in [0.29, 0.717) is 18.2 Å². The number of aromatic nitrogens is 1. The Labute approximate surface area is 166 Å². The van der Waals surface area contributed by atoms with Gasteiger partial charge in [-0.1, -0.05) is 28.1 Å². The predicted octanol–water partition coefficient (Wildman–Crippen LogP) is 2.96. The highest BCUT2D eigenvalue weighted by Crippen LogP contribution is 2.27. The van der Waals surface area contributed by atoms with E-state index in [9.17, 15) is 8.42 Å². The summed E-state index contributed by atoms with van der Waals surface area (Å²) >= 11 is 4.73. The molecular weight excluding hydrogens is 438 g/mol. The SMILES string of the molecule is COCCN1CCCC1CNS(=O)(=O)c1csc(-c2ccc(Br)cc2)n1. The van der Waals surface area contributed by atoms with E-state index in [1.165, 1.54) is 11.3 Å². The maximum atomic E-state index is 12.6. The third-order valence-electron chi connectivity index (χ3n) is 4.44. The van der Waals surface area contributed by atoms with Crippen LogP contribution in [0.3, 0.4) is 0 Å². The zero-order valence-electron chi connectivity index (χ0n) is 14.5. The molecule has 0 saturated carbocycles. The Bertz CT molecular complexity index is 824. The number of hydrogen-bond acceptors (Lipinski definition) is 6. The number of sulfonamides is 1. The lowest BCUT2D eigenvalue weighted by molar-refractivity contribution is 0.141. The zero-order valence-corrected chi connectivity index (χ0v) is 17.7. The molecule has 6 nitrogen and oxygen atoms in total. The summed E-state index contributed by atoms with van der Waals surface area (Å²) in [6.07, 6.45) is 2.08. The summed E-state index contributed by atoms with van der Waals surface area (Å²) in [5, 5.41) is 2.37. The van der Waals surface area contributed by atoms with E-state index in [-0.39, 0.29) is 11.1 Å². The van der Waals surface area contributed by atoms with Gasteiger partial charge in [-0.25, -0.2) is 18.1 Å². The second kappa shape index (κ2) is 8.90. The molecule has 142 valence electrons. The number of benzene rings is 1. The molecule has 2 heterocycles. The van der Waals surface area contributed by atoms with Crippen LogP contribution in [0.4, 0.5) is 0 Å². The minimum atomic E-state index is -3.60. The quantitative estimate of drug-likeness (QED) is 0.656. The highest BCUT2D eigenvalue weighted by atomic mass is 79.9. The Hall–Kier alpha value is -0.840. The van der Waals surface area contributed by atoms with Gasteiger partial charge in [-0.2, -0.15) is 0 Å². The lowest BCUT2D eigenvalue weighted by Gasteiger charge is -2.24. The summed E-state index contributed by atoms with van der Waals surface area (Å²) in [4.78, 5) is 6.59. The average molecular weight is 460 g/mol. The van der Waals surface area contributed by atoms with Crippen molar-refractivity contribution in [3.05, 3.63) is 34.1 Å². The van der Waals surface area contributed by atoms with Crippen molar-refractivity contribution in [2.24, 2.45) is 0 Å². The Morgan fingerprint density at radius 3 is 2.88 bits per heavy atom. The normalized spacial score (nSPS) is 18.5. The van der Waals surface area contributed by atoms with E-state index in [1.807, 2.05) is 24.3 Å². The standard InChI is InChI=1S/C17H22BrN3O3S2/c1-24-10-9-21-8-2-3-15(21)11-19-26(22,23)16-12-25-17(20-16)13-4-6-14(18)7-5-13/h4-7,12,15,19H,2-3,8-11H2,1H3. The van der Waals surface area contributed by atoms with Crippen molar-refractivity contribution in [1.29, 1.82) is 0 Å². The van der Waals surface area contributed by atoms with Gasteiger partial charge in [0.1, 0.15) is 5.01 Å². The first kappa shape index (κ1) is 19.9. The van der Waals surface area contributed by atoms with Gasteiger partial charge in [-0.15, -0.1) is 11.3 Å². The summed E-state index contributed by atoms with van der Waals surface area (Å²) in [5.41, 5.74) is 0.904. The van der Waals surface area contributed by atoms with Crippen LogP contribution in [-0.2, 0) is 14.8 Å². The molecule has 1 aromatic heterocycles. The maximum absolute atomic E-state index is 12.6. The third kappa shape index (κ3) is 4.90. The number of nitrogens with zero attached hydrogens (tertiary/aromatic N) is 2. The first-order valence-electron chi connectivity index (χ1n) is 8.44. The molecule has 0 spiro atoms. The van der Waals surface area contributed by atoms with Crippen LogP contribution in [-0.4, -0.2) is 57.7 Å². The van der Waals surface area contributed by atoms with Crippen LogP contribution in [0.15, 0.2) is 39.1 Å². The van der Waals surface area contributed by atoms with Crippen LogP contribution in [0.5, 0.6) is 0 Å². The van der Waals surface area contributed by atoms with Crippen LogP contribution in [0.2, 0.25) is 0 Å². The van der Waals surface area contributed by atoms with Gasteiger partial charge in [0, 0.05) is 41.7 Å². The molecular formula is C17H22BrN3O3S2. The van der Waals surface area contributed by atoms with Gasteiger partial charge in [0.15, 0.2) is 5.03 Å². The van der Waals surface area contributed by atoms with E-state index < -0.39 is 10.0 Å². The Kier molecular flexibility index (Phi) is 6.81. The number of ether oxygens (including phenoxy) is 1. The van der Waals surface area contributed by atoms with Gasteiger partial charge in [-0.05, 0) is 31.5 Å². The fourth-order valence-corrected chi connectivity index (χ4v) is 5.45. The van der Waals surface area contributed by atoms with Crippen molar-refractivity contribution < 1.29 is 13.2 Å². The number of halogens is 1. The molecule has 26 heavy (non-hydrogen) atoms. The first-order valence-corrected chi connectivity index (χ1v) is 11.6. The number of thiazole rings is 1. The first-order chi connectivity index (χ1) is 12.5. The molecule has 0 amide bonds. The van der Waals surface area contributed by atoms with Crippen molar-refractivity contribution in [2.45, 2.75) is 23.9 Å². The van der Waals surface area contributed by atoms with Crippen molar-refractivity contribution in [3.63, 3.8) is 0 Å². The van der Waals surface area contributed by atoms with Crippen LogP contribution >= 0.6 is 27.3 Å². The average Bonchev–Trinajstić information content (AvgIpc) is 3.29. The highest BCUT2D eigenvalue weighted by molar-refractivity contribution is 9.10. The minimum Gasteiger partial charge on any atom is -0.383 e. The minimum absolute atomic E-state index is 0.0851. The molecule has 1 atom stereocenters. The second-order valence-electron chi connectivity index (χ2n) is 6.17. The van der Waals surface area contributed by atoms with E-state index in [1.54, 1.807) is 12.5 Å². The van der Waals surface area contributed by atoms with Crippen molar-refractivity contribution in [3.8, 4) is 10.6 Å². The molecule has 1 aliphatic rings. The van der Waals surface area contributed by atoms with Crippen molar-refractivity contribution in [1.82, 2.24) is 14.6 Å². The topological polar surface area (TPSA) is 71.5 Å². The molecule has 1 saturated heterocycles. The van der Waals surface area contributed by atoms with Gasteiger partial charge in [0.25, 0.3) is 10.0 Å². The molecule has 9 heteroatoms. The molecule has 1 fully saturated rings. The smallest absolute Gasteiger partial charge is 0.258 e. The van der Waals surface area contributed by atoms with Crippen LogP contribution in [0.1, 0.15) is 12.8 Å². The predicted molar refractivity (Wildman–Crippen MR) is 107 cm³/mol. The van der Waals surface area contributed by atoms with Crippen molar-refractivity contribution in [2.75, 3.05) is 33.4 Å². The van der Waals surface area contributed by atoms with Gasteiger partial charge in [0.05, 0.1) is 6.61 Å². The van der Waals surface area contributed by atoms with Gasteiger partial charge in [-0.3, -0.25) is 4.90 Å². The number of methoxy groups -OCH3 is 1. The van der Waals surface area contributed by atoms with Crippen LogP contribution in [0, 0.1) is 0 Å². The molecule has 1 N–H and O–H groups in total. The number of likely N-dealkylation sites (tertiary alicyclic amines) is 1. The fourth-order valence-electron chi connectivity index (χ4n) is 3.02.